The molecule has 32 heavy (non-hydrogen) atoms. The lowest BCUT2D eigenvalue weighted by Crippen LogP contribution is -2.45. The van der Waals surface area contributed by atoms with Crippen LogP contribution in [-0.4, -0.2) is 87.8 Å². The molecule has 0 saturated heterocycles. The highest BCUT2D eigenvalue weighted by molar-refractivity contribution is 6.04. The molecule has 0 aliphatic carbocycles. The van der Waals surface area contributed by atoms with Crippen molar-refractivity contribution in [3.63, 3.8) is 0 Å². The second-order valence-corrected chi connectivity index (χ2v) is 6.57. The molecule has 11 nitrogen and oxygen atoms in total. The largest absolute Gasteiger partial charge is 0.479 e. The first-order valence-corrected chi connectivity index (χ1v) is 10.2. The lowest BCUT2D eigenvalue weighted by molar-refractivity contribution is -0.159. The molecule has 5 N–H and O–H groups in total. The molecule has 0 fully saturated rings. The minimum absolute atomic E-state index is 0.0290. The monoisotopic (exact) mass is 456 g/mol. The van der Waals surface area contributed by atoms with Crippen LogP contribution in [0.2, 0.25) is 0 Å². The summed E-state index contributed by atoms with van der Waals surface area (Å²) in [5, 5.41) is 9.24. The Balaban J connectivity index is 2.23. The molecule has 1 aromatic carbocycles. The number of carboxylic acids is 1. The van der Waals surface area contributed by atoms with Gasteiger partial charge in [0.1, 0.15) is 6.61 Å². The van der Waals surface area contributed by atoms with E-state index in [9.17, 15) is 19.5 Å². The van der Waals surface area contributed by atoms with Gasteiger partial charge in [-0.1, -0.05) is 30.3 Å². The Morgan fingerprint density at radius 2 is 1.44 bits per heavy atom. The van der Waals surface area contributed by atoms with Crippen LogP contribution in [0.3, 0.4) is 0 Å². The van der Waals surface area contributed by atoms with Crippen molar-refractivity contribution >= 4 is 17.7 Å². The molecule has 180 valence electrons. The number of benzene rings is 1. The van der Waals surface area contributed by atoms with Gasteiger partial charge in [-0.15, -0.1) is 0 Å². The molecule has 0 aromatic heterocycles. The lowest BCUT2D eigenvalue weighted by Gasteiger charge is -2.17. The van der Waals surface area contributed by atoms with Crippen LogP contribution in [0.5, 0.6) is 0 Å². The fraction of sp³-hybridized carbons (Fsp3) is 0.571. The molecule has 0 aliphatic heterocycles. The maximum Gasteiger partial charge on any atom is 0.340 e. The number of rotatable bonds is 19. The molecule has 11 heteroatoms. The molecule has 0 bridgehead atoms. The fourth-order valence-corrected chi connectivity index (χ4v) is 2.40. The number of carbonyl (C=O) groups excluding carboxylic acids is 2. The first-order valence-electron chi connectivity index (χ1n) is 10.2. The Bertz CT molecular complexity index is 672. The van der Waals surface area contributed by atoms with Crippen molar-refractivity contribution in [1.82, 2.24) is 0 Å². The average molecular weight is 456 g/mol. The number of carbonyl (C=O) groups is 3. The van der Waals surface area contributed by atoms with Gasteiger partial charge in [-0.3, -0.25) is 9.59 Å². The van der Waals surface area contributed by atoms with Gasteiger partial charge in [-0.25, -0.2) is 4.79 Å². The summed E-state index contributed by atoms with van der Waals surface area (Å²) in [6.45, 7) is 2.28. The van der Waals surface area contributed by atoms with Crippen molar-refractivity contribution in [2.45, 2.75) is 25.2 Å². The van der Waals surface area contributed by atoms with Crippen LogP contribution >= 0.6 is 0 Å². The summed E-state index contributed by atoms with van der Waals surface area (Å²) in [5.41, 5.74) is 11.8. The van der Waals surface area contributed by atoms with E-state index >= 15 is 0 Å². The predicted octanol–water partition coefficient (Wildman–Crippen LogP) is -0.505. The van der Waals surface area contributed by atoms with Crippen LogP contribution in [0.25, 0.3) is 0 Å². The summed E-state index contributed by atoms with van der Waals surface area (Å²) in [7, 11) is 0. The van der Waals surface area contributed by atoms with E-state index in [2.05, 4.69) is 0 Å². The van der Waals surface area contributed by atoms with Crippen molar-refractivity contribution in [1.29, 1.82) is 0 Å². The normalized spacial score (nSPS) is 12.8. The van der Waals surface area contributed by atoms with Gasteiger partial charge in [-0.05, 0) is 5.56 Å². The number of ether oxygens (including phenoxy) is 5. The zero-order valence-corrected chi connectivity index (χ0v) is 18.0. The van der Waals surface area contributed by atoms with E-state index in [4.69, 9.17) is 35.2 Å². The number of carboxylic acid groups (broad SMARTS) is 1. The van der Waals surface area contributed by atoms with Gasteiger partial charge in [0.05, 0.1) is 58.7 Å². The minimum atomic E-state index is -1.80. The molecule has 0 saturated carbocycles. The quantitative estimate of drug-likeness (QED) is 0.139. The lowest BCUT2D eigenvalue weighted by atomic mass is 10.1. The van der Waals surface area contributed by atoms with E-state index in [1.165, 1.54) is 0 Å². The van der Waals surface area contributed by atoms with Gasteiger partial charge in [0.2, 0.25) is 6.10 Å². The van der Waals surface area contributed by atoms with Crippen LogP contribution < -0.4 is 11.5 Å². The summed E-state index contributed by atoms with van der Waals surface area (Å²) in [6.07, 6.45) is -2.26. The van der Waals surface area contributed by atoms with E-state index < -0.39 is 36.3 Å². The molecular weight excluding hydrogens is 424 g/mol. The first-order chi connectivity index (χ1) is 15.5. The van der Waals surface area contributed by atoms with E-state index in [-0.39, 0.29) is 26.4 Å². The molecule has 0 radical (unpaired) electrons. The van der Waals surface area contributed by atoms with Crippen molar-refractivity contribution in [2.75, 3.05) is 52.8 Å². The van der Waals surface area contributed by atoms with Gasteiger partial charge < -0.3 is 40.3 Å². The van der Waals surface area contributed by atoms with Gasteiger partial charge in [0.25, 0.3) is 0 Å². The smallest absolute Gasteiger partial charge is 0.340 e. The van der Waals surface area contributed by atoms with Crippen LogP contribution in [0.1, 0.15) is 12.0 Å². The highest BCUT2D eigenvalue weighted by Gasteiger charge is 2.32. The topological polar surface area (TPSA) is 170 Å². The minimum Gasteiger partial charge on any atom is -0.479 e. The SMILES string of the molecule is NCCOCCOCCOCCOC(C(=O)O)C(=O)[C@@H](N)CC(=O)OCc1ccccc1. The van der Waals surface area contributed by atoms with Gasteiger partial charge in [-0.2, -0.15) is 0 Å². The number of hydrogen-bond acceptors (Lipinski definition) is 10. The van der Waals surface area contributed by atoms with Crippen molar-refractivity contribution < 1.29 is 43.2 Å². The summed E-state index contributed by atoms with van der Waals surface area (Å²) >= 11 is 0. The van der Waals surface area contributed by atoms with Gasteiger partial charge >= 0.3 is 11.9 Å². The Kier molecular flexibility index (Phi) is 14.8. The molecule has 0 amide bonds. The van der Waals surface area contributed by atoms with Gasteiger partial charge in [0.15, 0.2) is 5.78 Å². The van der Waals surface area contributed by atoms with E-state index in [0.29, 0.717) is 33.0 Å². The summed E-state index contributed by atoms with van der Waals surface area (Å²) < 4.78 is 25.8. The van der Waals surface area contributed by atoms with Crippen LogP contribution in [-0.2, 0) is 44.7 Å². The number of esters is 1. The van der Waals surface area contributed by atoms with E-state index in [1.54, 1.807) is 24.3 Å². The molecular formula is C21H32N2O9. The first kappa shape index (κ1) is 27.6. The van der Waals surface area contributed by atoms with Crippen molar-refractivity contribution in [3.8, 4) is 0 Å². The van der Waals surface area contributed by atoms with Crippen molar-refractivity contribution in [3.05, 3.63) is 35.9 Å². The maximum atomic E-state index is 12.3. The van der Waals surface area contributed by atoms with Crippen LogP contribution in [0.15, 0.2) is 30.3 Å². The molecule has 0 heterocycles. The molecule has 2 atom stereocenters. The predicted molar refractivity (Wildman–Crippen MR) is 113 cm³/mol. The zero-order valence-electron chi connectivity index (χ0n) is 18.0. The highest BCUT2D eigenvalue weighted by atomic mass is 16.6. The molecule has 0 aliphatic rings. The Hall–Kier alpha value is -2.41. The second-order valence-electron chi connectivity index (χ2n) is 6.57. The number of hydrogen-bond donors (Lipinski definition) is 3. The number of ketones is 1. The van der Waals surface area contributed by atoms with E-state index in [1.807, 2.05) is 6.07 Å². The van der Waals surface area contributed by atoms with Gasteiger partial charge in [0, 0.05) is 6.54 Å². The zero-order chi connectivity index (χ0) is 23.6. The Morgan fingerprint density at radius 1 is 0.875 bits per heavy atom. The third-order valence-corrected chi connectivity index (χ3v) is 4.00. The Labute approximate surface area is 186 Å². The molecule has 1 rings (SSSR count). The summed E-state index contributed by atoms with van der Waals surface area (Å²) in [5.74, 6) is -3.13. The summed E-state index contributed by atoms with van der Waals surface area (Å²) in [4.78, 5) is 35.5. The number of aliphatic carboxylic acids is 1. The molecule has 0 spiro atoms. The van der Waals surface area contributed by atoms with Crippen molar-refractivity contribution in [2.24, 2.45) is 11.5 Å². The molecule has 1 unspecified atom stereocenters. The summed E-state index contributed by atoms with van der Waals surface area (Å²) in [6, 6.07) is 7.60. The fourth-order valence-electron chi connectivity index (χ4n) is 2.40. The number of nitrogens with two attached hydrogens (primary N) is 2. The maximum absolute atomic E-state index is 12.3. The Morgan fingerprint density at radius 3 is 2.00 bits per heavy atom. The third-order valence-electron chi connectivity index (χ3n) is 4.00. The standard InChI is InChI=1S/C21H32N2O9/c22-6-7-28-8-9-29-10-11-30-12-13-31-20(21(26)27)19(25)17(23)14-18(24)32-15-16-4-2-1-3-5-16/h1-5,17,20H,6-15,22-23H2,(H,26,27)/t17-,20?/m0/s1. The van der Waals surface area contributed by atoms with Crippen LogP contribution in [0, 0.1) is 0 Å². The third kappa shape index (κ3) is 12.4. The van der Waals surface area contributed by atoms with E-state index in [0.717, 1.165) is 5.56 Å². The second kappa shape index (κ2) is 17.2. The highest BCUT2D eigenvalue weighted by Crippen LogP contribution is 2.06. The van der Waals surface area contributed by atoms with Crippen LogP contribution in [0.4, 0.5) is 0 Å². The average Bonchev–Trinajstić information content (AvgIpc) is 2.78. The molecule has 1 aromatic rings. The number of Topliss-reactive ketones (excluding diaryl/α,β-unsaturated/α-hetero) is 1.